The highest BCUT2D eigenvalue weighted by Gasteiger charge is 2.18. The highest BCUT2D eigenvalue weighted by Crippen LogP contribution is 2.30. The van der Waals surface area contributed by atoms with Gasteiger partial charge in [0.1, 0.15) is 11.2 Å². The number of rotatable bonds is 8. The van der Waals surface area contributed by atoms with Crippen molar-refractivity contribution in [3.8, 4) is 10.4 Å². The van der Waals surface area contributed by atoms with Crippen LogP contribution in [0.1, 0.15) is 11.8 Å². The lowest BCUT2D eigenvalue weighted by Gasteiger charge is -2.20. The van der Waals surface area contributed by atoms with Crippen LogP contribution in [0.15, 0.2) is 65.0 Å². The van der Waals surface area contributed by atoms with Crippen molar-refractivity contribution < 1.29 is 9.59 Å². The molecule has 0 aliphatic carbocycles. The lowest BCUT2D eigenvalue weighted by Crippen LogP contribution is -2.42. The number of nitrogens with zero attached hydrogens (tertiary/aromatic N) is 3. The number of fused-ring (bicyclic) bond motifs is 1. The Hall–Kier alpha value is -3.30. The summed E-state index contributed by atoms with van der Waals surface area (Å²) in [5, 5.41) is 4.77. The Morgan fingerprint density at radius 3 is 2.69 bits per heavy atom. The van der Waals surface area contributed by atoms with E-state index in [1.54, 1.807) is 18.3 Å². The van der Waals surface area contributed by atoms with E-state index in [0.29, 0.717) is 23.3 Å². The largest absolute Gasteiger partial charge is 0.350 e. The topological polar surface area (TPSA) is 84.3 Å². The highest BCUT2D eigenvalue weighted by molar-refractivity contribution is 7.22. The second-order valence-corrected chi connectivity index (χ2v) is 9.22. The number of hydrogen-bond acceptors (Lipinski definition) is 6. The molecule has 3 heterocycles. The fraction of sp³-hybridized carbons (Fsp3) is 0.217. The first-order chi connectivity index (χ1) is 15.5. The molecule has 2 amide bonds. The van der Waals surface area contributed by atoms with Crippen molar-refractivity contribution in [1.29, 1.82) is 0 Å². The molecule has 0 fully saturated rings. The molecule has 0 saturated heterocycles. The summed E-state index contributed by atoms with van der Waals surface area (Å²) in [6.45, 7) is 2.39. The number of likely N-dealkylation sites (N-methyl/N-ethyl adjacent to an activating group) is 1. The molecule has 7 nitrogen and oxygen atoms in total. The first-order valence-corrected chi connectivity index (χ1v) is 11.9. The van der Waals surface area contributed by atoms with Gasteiger partial charge in [0.15, 0.2) is 0 Å². The molecule has 32 heavy (non-hydrogen) atoms. The number of carbonyl (C=O) groups is 2. The fourth-order valence-corrected chi connectivity index (χ4v) is 4.96. The third-order valence-electron chi connectivity index (χ3n) is 4.98. The molecule has 4 rings (SSSR count). The molecule has 1 aromatic carbocycles. The Morgan fingerprint density at radius 2 is 1.97 bits per heavy atom. The van der Waals surface area contributed by atoms with Crippen molar-refractivity contribution in [3.05, 3.63) is 75.5 Å². The summed E-state index contributed by atoms with van der Waals surface area (Å²) in [5.41, 5.74) is 1.37. The quantitative estimate of drug-likeness (QED) is 0.432. The van der Waals surface area contributed by atoms with Gasteiger partial charge in [0.05, 0.1) is 24.9 Å². The Labute approximate surface area is 193 Å². The number of hydrogen-bond donors (Lipinski definition) is 1. The maximum absolute atomic E-state index is 13.0. The van der Waals surface area contributed by atoms with Crippen LogP contribution < -0.4 is 10.9 Å². The van der Waals surface area contributed by atoms with E-state index >= 15 is 0 Å². The first-order valence-electron chi connectivity index (χ1n) is 10.2. The van der Waals surface area contributed by atoms with Gasteiger partial charge in [0, 0.05) is 16.3 Å². The number of benzene rings is 1. The maximum Gasteiger partial charge on any atom is 0.271 e. The molecule has 0 spiro atoms. The lowest BCUT2D eigenvalue weighted by molar-refractivity contribution is -0.136. The standard InChI is InChI=1S/C23H22N4O3S2/c1-2-26(13-20(28)24-12-17-9-6-10-31-17)21(29)14-27-15-25-18-11-19(32-22(18)23(27)30)16-7-4-3-5-8-16/h3-11,15H,2,12-14H2,1H3,(H,24,28). The van der Waals surface area contributed by atoms with Gasteiger partial charge in [-0.15, -0.1) is 22.7 Å². The van der Waals surface area contributed by atoms with Crippen LogP contribution in [0.4, 0.5) is 0 Å². The van der Waals surface area contributed by atoms with Crippen molar-refractivity contribution in [1.82, 2.24) is 19.8 Å². The Balaban J connectivity index is 1.45. The molecule has 0 aliphatic rings. The smallest absolute Gasteiger partial charge is 0.271 e. The van der Waals surface area contributed by atoms with Crippen molar-refractivity contribution in [3.63, 3.8) is 0 Å². The molecule has 0 aliphatic heterocycles. The van der Waals surface area contributed by atoms with E-state index in [1.807, 2.05) is 53.9 Å². The number of thiophene rings is 2. The van der Waals surface area contributed by atoms with E-state index in [1.165, 1.54) is 27.1 Å². The van der Waals surface area contributed by atoms with Gasteiger partial charge >= 0.3 is 0 Å². The minimum Gasteiger partial charge on any atom is -0.350 e. The van der Waals surface area contributed by atoms with E-state index in [2.05, 4.69) is 10.3 Å². The van der Waals surface area contributed by atoms with Crippen LogP contribution >= 0.6 is 22.7 Å². The highest BCUT2D eigenvalue weighted by atomic mass is 32.1. The van der Waals surface area contributed by atoms with E-state index in [4.69, 9.17) is 0 Å². The van der Waals surface area contributed by atoms with Crippen molar-refractivity contribution >= 4 is 44.7 Å². The molecule has 0 unspecified atom stereocenters. The number of nitrogens with one attached hydrogen (secondary N) is 1. The van der Waals surface area contributed by atoms with Crippen LogP contribution in [0.25, 0.3) is 20.7 Å². The number of carbonyl (C=O) groups excluding carboxylic acids is 2. The molecule has 0 atom stereocenters. The second kappa shape index (κ2) is 9.88. The Bertz CT molecular complexity index is 1280. The third kappa shape index (κ3) is 4.95. The Kier molecular flexibility index (Phi) is 6.77. The van der Waals surface area contributed by atoms with Gasteiger partial charge in [-0.2, -0.15) is 0 Å². The molecule has 1 N–H and O–H groups in total. The number of aromatic nitrogens is 2. The minimum atomic E-state index is -0.304. The van der Waals surface area contributed by atoms with Crippen LogP contribution in [-0.4, -0.2) is 39.4 Å². The van der Waals surface area contributed by atoms with Gasteiger partial charge in [-0.25, -0.2) is 4.98 Å². The van der Waals surface area contributed by atoms with Gasteiger partial charge in [0.25, 0.3) is 5.56 Å². The summed E-state index contributed by atoms with van der Waals surface area (Å²) in [6, 6.07) is 15.5. The molecule has 0 saturated carbocycles. The average molecular weight is 467 g/mol. The summed E-state index contributed by atoms with van der Waals surface area (Å²) in [6.07, 6.45) is 1.40. The normalized spacial score (nSPS) is 10.9. The monoisotopic (exact) mass is 466 g/mol. The lowest BCUT2D eigenvalue weighted by atomic mass is 10.2. The molecule has 0 bridgehead atoms. The van der Waals surface area contributed by atoms with Gasteiger partial charge < -0.3 is 10.2 Å². The minimum absolute atomic E-state index is 0.0533. The average Bonchev–Trinajstić information content (AvgIpc) is 3.49. The zero-order chi connectivity index (χ0) is 22.5. The van der Waals surface area contributed by atoms with Crippen molar-refractivity contribution in [2.45, 2.75) is 20.0 Å². The molecular formula is C23H22N4O3S2. The van der Waals surface area contributed by atoms with E-state index < -0.39 is 0 Å². The fourth-order valence-electron chi connectivity index (χ4n) is 3.25. The van der Waals surface area contributed by atoms with Crippen molar-refractivity contribution in [2.75, 3.05) is 13.1 Å². The number of amides is 2. The van der Waals surface area contributed by atoms with E-state index in [9.17, 15) is 14.4 Å². The molecule has 0 radical (unpaired) electrons. The van der Waals surface area contributed by atoms with Gasteiger partial charge in [-0.05, 0) is 30.0 Å². The van der Waals surface area contributed by atoms with Crippen LogP contribution in [0.2, 0.25) is 0 Å². The second-order valence-electron chi connectivity index (χ2n) is 7.13. The summed E-state index contributed by atoms with van der Waals surface area (Å²) < 4.78 is 1.82. The summed E-state index contributed by atoms with van der Waals surface area (Å²) >= 11 is 2.93. The van der Waals surface area contributed by atoms with Gasteiger partial charge in [-0.1, -0.05) is 36.4 Å². The molecule has 4 aromatic rings. The van der Waals surface area contributed by atoms with Gasteiger partial charge in [0.2, 0.25) is 11.8 Å². The van der Waals surface area contributed by atoms with Crippen LogP contribution in [0.5, 0.6) is 0 Å². The van der Waals surface area contributed by atoms with Crippen molar-refractivity contribution in [2.24, 2.45) is 0 Å². The summed E-state index contributed by atoms with van der Waals surface area (Å²) in [4.78, 5) is 45.8. The zero-order valence-corrected chi connectivity index (χ0v) is 19.1. The van der Waals surface area contributed by atoms with Crippen LogP contribution in [0.3, 0.4) is 0 Å². The maximum atomic E-state index is 13.0. The Morgan fingerprint density at radius 1 is 1.16 bits per heavy atom. The SMILES string of the molecule is CCN(CC(=O)NCc1cccs1)C(=O)Cn1cnc2cc(-c3ccccc3)sc2c1=O. The molecule has 3 aromatic heterocycles. The van der Waals surface area contributed by atoms with E-state index in [0.717, 1.165) is 15.3 Å². The molecular weight excluding hydrogens is 444 g/mol. The zero-order valence-electron chi connectivity index (χ0n) is 17.5. The van der Waals surface area contributed by atoms with Crippen LogP contribution in [0, 0.1) is 0 Å². The van der Waals surface area contributed by atoms with Gasteiger partial charge in [-0.3, -0.25) is 19.0 Å². The molecule has 164 valence electrons. The summed E-state index contributed by atoms with van der Waals surface area (Å²) in [5.74, 6) is -0.540. The molecule has 9 heteroatoms. The summed E-state index contributed by atoms with van der Waals surface area (Å²) in [7, 11) is 0. The predicted molar refractivity (Wildman–Crippen MR) is 128 cm³/mol. The predicted octanol–water partition coefficient (Wildman–Crippen LogP) is 3.35. The third-order valence-corrected chi connectivity index (χ3v) is 7.01. The first kappa shape index (κ1) is 21.9. The van der Waals surface area contributed by atoms with Crippen LogP contribution in [-0.2, 0) is 22.7 Å². The van der Waals surface area contributed by atoms with E-state index in [-0.39, 0.29) is 30.5 Å².